The van der Waals surface area contributed by atoms with E-state index >= 15 is 8.78 Å². The van der Waals surface area contributed by atoms with Gasteiger partial charge in [-0.15, -0.1) is 6.58 Å². The van der Waals surface area contributed by atoms with Crippen molar-refractivity contribution in [2.24, 2.45) is 0 Å². The minimum Gasteiger partial charge on any atom is -0.382 e. The molecule has 2 aromatic carbocycles. The van der Waals surface area contributed by atoms with Gasteiger partial charge in [-0.2, -0.15) is 0 Å². The highest BCUT2D eigenvalue weighted by Gasteiger charge is 2.38. The lowest BCUT2D eigenvalue weighted by atomic mass is 9.82. The Labute approximate surface area is 240 Å². The van der Waals surface area contributed by atoms with Crippen LogP contribution >= 0.6 is 8.23 Å². The molecular weight excluding hydrogens is 531 g/mol. The van der Waals surface area contributed by atoms with E-state index in [9.17, 15) is 8.59 Å². The third-order valence-electron chi connectivity index (χ3n) is 7.59. The van der Waals surface area contributed by atoms with Gasteiger partial charge in [-0.25, -0.2) is 13.0 Å². The van der Waals surface area contributed by atoms with Gasteiger partial charge in [0.2, 0.25) is 0 Å². The number of aryl methyl sites for hydroxylation is 1. The van der Waals surface area contributed by atoms with Crippen LogP contribution in [0.1, 0.15) is 89.5 Å². The smallest absolute Gasteiger partial charge is 0.133 e. The van der Waals surface area contributed by atoms with Gasteiger partial charge in [-0.1, -0.05) is 57.5 Å². The fourth-order valence-corrected chi connectivity index (χ4v) is 6.44. The zero-order chi connectivity index (χ0) is 29.8. The summed E-state index contributed by atoms with van der Waals surface area (Å²) in [6.45, 7) is 15.6. The van der Waals surface area contributed by atoms with Crippen LogP contribution in [0.15, 0.2) is 54.6 Å². The molecule has 2 unspecified atom stereocenters. The molecular formula is C33H47F4N2P. The first-order valence-electron chi connectivity index (χ1n) is 14.5. The lowest BCUT2D eigenvalue weighted by molar-refractivity contribution is 0.179. The molecule has 1 heterocycles. The number of anilines is 1. The fourth-order valence-electron chi connectivity index (χ4n) is 5.25. The predicted octanol–water partition coefficient (Wildman–Crippen LogP) is 10.7. The summed E-state index contributed by atoms with van der Waals surface area (Å²) in [5.41, 5.74) is 4.60. The molecule has 0 aliphatic carbocycles. The highest BCUT2D eigenvalue weighted by molar-refractivity contribution is 7.52. The summed E-state index contributed by atoms with van der Waals surface area (Å²) in [6.07, 6.45) is 6.11. The molecule has 1 N–H and O–H groups in total. The first-order valence-corrected chi connectivity index (χ1v) is 16.1. The van der Waals surface area contributed by atoms with Gasteiger partial charge in [0.1, 0.15) is 11.6 Å². The molecule has 1 aliphatic rings. The van der Waals surface area contributed by atoms with Crippen molar-refractivity contribution in [1.82, 2.24) is 4.90 Å². The van der Waals surface area contributed by atoms with Crippen molar-refractivity contribution in [3.63, 3.8) is 0 Å². The second-order valence-corrected chi connectivity index (χ2v) is 12.1. The second-order valence-electron chi connectivity index (χ2n) is 10.6. The Morgan fingerprint density at radius 1 is 1.10 bits per heavy atom. The third-order valence-corrected chi connectivity index (χ3v) is 8.88. The number of hydrogen-bond donors (Lipinski definition) is 1. The van der Waals surface area contributed by atoms with E-state index in [4.69, 9.17) is 0 Å². The van der Waals surface area contributed by atoms with Gasteiger partial charge in [0.05, 0.1) is 20.9 Å². The van der Waals surface area contributed by atoms with E-state index in [2.05, 4.69) is 18.0 Å². The number of nitrogens with one attached hydrogen (secondary N) is 1. The maximum Gasteiger partial charge on any atom is 0.133 e. The topological polar surface area (TPSA) is 15.3 Å². The van der Waals surface area contributed by atoms with E-state index < -0.39 is 25.9 Å². The number of nitrogens with zero attached hydrogens (tertiary/aromatic N) is 1. The van der Waals surface area contributed by atoms with Crippen molar-refractivity contribution in [2.45, 2.75) is 91.8 Å². The number of benzene rings is 2. The summed E-state index contributed by atoms with van der Waals surface area (Å²) in [4.78, 5) is 1.95. The maximum absolute atomic E-state index is 15.7. The number of halogens is 4. The molecule has 2 nitrogen and oxygen atoms in total. The van der Waals surface area contributed by atoms with E-state index in [1.54, 1.807) is 6.08 Å². The summed E-state index contributed by atoms with van der Waals surface area (Å²) >= 11 is 0. The average molecular weight is 579 g/mol. The van der Waals surface area contributed by atoms with Crippen LogP contribution in [0.3, 0.4) is 0 Å². The molecule has 0 spiro atoms. The molecule has 222 valence electrons. The number of alkyl halides is 1. The Kier molecular flexibility index (Phi) is 14.4. The summed E-state index contributed by atoms with van der Waals surface area (Å²) < 4.78 is 57.3. The number of unbranched alkanes of at least 4 members (excludes halogenated alkanes) is 1. The van der Waals surface area contributed by atoms with E-state index in [-0.39, 0.29) is 36.8 Å². The molecule has 1 aliphatic heterocycles. The van der Waals surface area contributed by atoms with Crippen LogP contribution in [0.5, 0.6) is 0 Å². The lowest BCUT2D eigenvalue weighted by Gasteiger charge is -2.43. The molecule has 0 saturated heterocycles. The van der Waals surface area contributed by atoms with Crippen LogP contribution in [0, 0.1) is 18.6 Å². The van der Waals surface area contributed by atoms with Gasteiger partial charge in [0, 0.05) is 35.8 Å². The second kappa shape index (κ2) is 16.9. The molecule has 40 heavy (non-hydrogen) atoms. The van der Waals surface area contributed by atoms with E-state index in [1.165, 1.54) is 12.1 Å². The van der Waals surface area contributed by atoms with Gasteiger partial charge in [0.15, 0.2) is 0 Å². The molecule has 0 amide bonds. The summed E-state index contributed by atoms with van der Waals surface area (Å²) in [7, 11) is -1.85. The minimum absolute atomic E-state index is 0.00256. The standard InChI is InChI=1S/C29H38F3N2P.C4H9F/c1-7-14-35(32)18-34-20(5)15-25(24-13-11-10-12-19(24)4)21(6)29(34)28-26(30)16-23(17-27(28)31)33-22(8-2)9-3;1-2-3-4-5/h7,10-13,16-17,20,22,29,33H,1,8-9,14-15,18H2,2-6H3;2-4H2,1H3/t20?,29-,35?;/m0./s1. The molecule has 0 radical (unpaired) electrons. The number of rotatable bonds is 12. The average Bonchev–Trinajstić information content (AvgIpc) is 2.91. The highest BCUT2D eigenvalue weighted by Crippen LogP contribution is 2.49. The van der Waals surface area contributed by atoms with Crippen molar-refractivity contribution in [2.75, 3.05) is 24.4 Å². The van der Waals surface area contributed by atoms with Crippen molar-refractivity contribution in [1.29, 1.82) is 0 Å². The predicted molar refractivity (Wildman–Crippen MR) is 166 cm³/mol. The van der Waals surface area contributed by atoms with Crippen molar-refractivity contribution >= 4 is 19.5 Å². The van der Waals surface area contributed by atoms with Gasteiger partial charge >= 0.3 is 0 Å². The Balaban J connectivity index is 0.00000103. The molecule has 0 fully saturated rings. The Hall–Kier alpha value is -2.17. The van der Waals surface area contributed by atoms with Crippen molar-refractivity contribution in [3.8, 4) is 0 Å². The van der Waals surface area contributed by atoms with Crippen molar-refractivity contribution in [3.05, 3.63) is 83.0 Å². The van der Waals surface area contributed by atoms with Crippen LogP contribution in [0.2, 0.25) is 0 Å². The van der Waals surface area contributed by atoms with Crippen LogP contribution in [-0.2, 0) is 0 Å². The maximum atomic E-state index is 15.7. The van der Waals surface area contributed by atoms with E-state index in [0.717, 1.165) is 48.0 Å². The van der Waals surface area contributed by atoms with Crippen molar-refractivity contribution < 1.29 is 17.4 Å². The van der Waals surface area contributed by atoms with Gasteiger partial charge in [-0.3, -0.25) is 9.29 Å². The Morgan fingerprint density at radius 3 is 2.23 bits per heavy atom. The van der Waals surface area contributed by atoms with Gasteiger partial charge < -0.3 is 5.32 Å². The van der Waals surface area contributed by atoms with E-state index in [1.807, 2.05) is 64.6 Å². The molecule has 0 aromatic heterocycles. The molecule has 0 bridgehead atoms. The summed E-state index contributed by atoms with van der Waals surface area (Å²) in [6, 6.07) is 10.2. The Morgan fingerprint density at radius 2 is 1.73 bits per heavy atom. The van der Waals surface area contributed by atoms with Gasteiger partial charge in [-0.05, 0) is 80.9 Å². The monoisotopic (exact) mass is 578 g/mol. The Bertz CT molecular complexity index is 1090. The first kappa shape index (κ1) is 34.0. The lowest BCUT2D eigenvalue weighted by Crippen LogP contribution is -2.41. The van der Waals surface area contributed by atoms with Crippen LogP contribution in [0.25, 0.3) is 5.57 Å². The zero-order valence-electron chi connectivity index (χ0n) is 25.0. The zero-order valence-corrected chi connectivity index (χ0v) is 25.9. The normalized spacial score (nSPS) is 18.4. The summed E-state index contributed by atoms with van der Waals surface area (Å²) in [5, 5.41) is 3.24. The molecule has 3 atom stereocenters. The fraction of sp³-hybridized carbons (Fsp3) is 0.515. The van der Waals surface area contributed by atoms with Crippen LogP contribution < -0.4 is 5.32 Å². The first-order chi connectivity index (χ1) is 19.1. The molecule has 0 saturated carbocycles. The number of allylic oxidation sites excluding steroid dienone is 1. The highest BCUT2D eigenvalue weighted by atomic mass is 31.2. The molecule has 7 heteroatoms. The minimum atomic E-state index is -1.85. The third kappa shape index (κ3) is 8.91. The summed E-state index contributed by atoms with van der Waals surface area (Å²) in [5.74, 6) is -1.20. The number of hydrogen-bond acceptors (Lipinski definition) is 2. The molecule has 3 rings (SSSR count). The van der Waals surface area contributed by atoms with Crippen LogP contribution in [-0.4, -0.2) is 36.1 Å². The molecule has 2 aromatic rings. The largest absolute Gasteiger partial charge is 0.382 e. The van der Waals surface area contributed by atoms with Gasteiger partial charge in [0.25, 0.3) is 0 Å². The van der Waals surface area contributed by atoms with Crippen LogP contribution in [0.4, 0.5) is 23.1 Å². The SMILES string of the molecule is C=CCP(F)CN1C(C)CC(c2ccccc2C)=C(C)[C@H]1c1c(F)cc(NC(CC)CC)cc1F.CCCCF. The quantitative estimate of drug-likeness (QED) is 0.153. The van der Waals surface area contributed by atoms with E-state index in [0.29, 0.717) is 12.1 Å².